The lowest BCUT2D eigenvalue weighted by Gasteiger charge is -2.32. The summed E-state index contributed by atoms with van der Waals surface area (Å²) < 4.78 is 0. The Bertz CT molecular complexity index is 722. The SMILES string of the molecule is CNC(=O)C1NC(=O)[C@@H]2CCCN2C(=O)[C@@H](CC(=O)N2CCCCC2)CCCCCCC[C@@H]1C. The molecule has 0 saturated carbocycles. The van der Waals surface area contributed by atoms with E-state index in [2.05, 4.69) is 10.6 Å². The molecule has 0 bridgehead atoms. The lowest BCUT2D eigenvalue weighted by Crippen LogP contribution is -2.55. The summed E-state index contributed by atoms with van der Waals surface area (Å²) in [5.74, 6) is -0.781. The molecule has 2 N–H and O–H groups in total. The second-order valence-electron chi connectivity index (χ2n) is 10.5. The van der Waals surface area contributed by atoms with Gasteiger partial charge in [-0.2, -0.15) is 0 Å². The van der Waals surface area contributed by atoms with Crippen LogP contribution in [0.3, 0.4) is 0 Å². The van der Waals surface area contributed by atoms with Crippen LogP contribution in [-0.2, 0) is 19.2 Å². The Labute approximate surface area is 204 Å². The van der Waals surface area contributed by atoms with Crippen molar-refractivity contribution in [3.63, 3.8) is 0 Å². The Morgan fingerprint density at radius 3 is 2.24 bits per heavy atom. The molecule has 192 valence electrons. The summed E-state index contributed by atoms with van der Waals surface area (Å²) >= 11 is 0. The highest BCUT2D eigenvalue weighted by molar-refractivity contribution is 5.93. The van der Waals surface area contributed by atoms with Crippen molar-refractivity contribution < 1.29 is 19.2 Å². The zero-order valence-electron chi connectivity index (χ0n) is 21.2. The van der Waals surface area contributed by atoms with Crippen molar-refractivity contribution >= 4 is 23.6 Å². The Balaban J connectivity index is 1.76. The number of nitrogens with one attached hydrogen (secondary N) is 2. The fourth-order valence-electron chi connectivity index (χ4n) is 5.76. The minimum Gasteiger partial charge on any atom is -0.357 e. The lowest BCUT2D eigenvalue weighted by atomic mass is 9.93. The summed E-state index contributed by atoms with van der Waals surface area (Å²) in [5.41, 5.74) is 0. The van der Waals surface area contributed by atoms with E-state index in [0.29, 0.717) is 19.4 Å². The average Bonchev–Trinajstić information content (AvgIpc) is 3.34. The monoisotopic (exact) mass is 476 g/mol. The second kappa shape index (κ2) is 13.1. The minimum absolute atomic E-state index is 0.0227. The molecule has 1 unspecified atom stereocenters. The fraction of sp³-hybridized carbons (Fsp3) is 0.846. The van der Waals surface area contributed by atoms with Crippen LogP contribution in [-0.4, -0.2) is 72.2 Å². The van der Waals surface area contributed by atoms with Crippen LogP contribution < -0.4 is 10.6 Å². The van der Waals surface area contributed by atoms with Crippen LogP contribution in [0.1, 0.15) is 90.4 Å². The quantitative estimate of drug-likeness (QED) is 0.654. The minimum atomic E-state index is -0.600. The van der Waals surface area contributed by atoms with Crippen LogP contribution in [0.2, 0.25) is 0 Å². The summed E-state index contributed by atoms with van der Waals surface area (Å²) in [4.78, 5) is 56.1. The molecule has 3 aliphatic rings. The number of hydrogen-bond donors (Lipinski definition) is 2. The zero-order chi connectivity index (χ0) is 24.5. The molecule has 3 heterocycles. The van der Waals surface area contributed by atoms with Crippen molar-refractivity contribution in [2.75, 3.05) is 26.7 Å². The van der Waals surface area contributed by atoms with Gasteiger partial charge in [0.05, 0.1) is 0 Å². The van der Waals surface area contributed by atoms with Gasteiger partial charge in [0, 0.05) is 39.0 Å². The summed E-state index contributed by atoms with van der Waals surface area (Å²) in [7, 11) is 1.59. The number of hydrogen-bond acceptors (Lipinski definition) is 4. The van der Waals surface area contributed by atoms with Crippen LogP contribution in [0.25, 0.3) is 0 Å². The Hall–Kier alpha value is -2.12. The first-order valence-electron chi connectivity index (χ1n) is 13.5. The van der Waals surface area contributed by atoms with Gasteiger partial charge in [0.1, 0.15) is 12.1 Å². The van der Waals surface area contributed by atoms with E-state index in [1.807, 2.05) is 11.8 Å². The molecule has 8 heteroatoms. The third-order valence-corrected chi connectivity index (χ3v) is 7.93. The maximum absolute atomic E-state index is 13.7. The van der Waals surface area contributed by atoms with Gasteiger partial charge in [-0.3, -0.25) is 19.2 Å². The predicted octanol–water partition coefficient (Wildman–Crippen LogP) is 2.61. The van der Waals surface area contributed by atoms with Crippen molar-refractivity contribution in [3.8, 4) is 0 Å². The van der Waals surface area contributed by atoms with E-state index in [4.69, 9.17) is 0 Å². The predicted molar refractivity (Wildman–Crippen MR) is 131 cm³/mol. The van der Waals surface area contributed by atoms with Crippen LogP contribution in [0, 0.1) is 11.8 Å². The molecule has 3 aliphatic heterocycles. The van der Waals surface area contributed by atoms with Gasteiger partial charge < -0.3 is 20.4 Å². The second-order valence-corrected chi connectivity index (χ2v) is 10.5. The fourth-order valence-corrected chi connectivity index (χ4v) is 5.76. The van der Waals surface area contributed by atoms with Crippen LogP contribution >= 0.6 is 0 Å². The van der Waals surface area contributed by atoms with Gasteiger partial charge in [0.15, 0.2) is 0 Å². The van der Waals surface area contributed by atoms with Gasteiger partial charge in [-0.05, 0) is 50.9 Å². The van der Waals surface area contributed by atoms with E-state index < -0.39 is 12.1 Å². The topological polar surface area (TPSA) is 98.8 Å². The van der Waals surface area contributed by atoms with Crippen LogP contribution in [0.5, 0.6) is 0 Å². The molecule has 8 nitrogen and oxygen atoms in total. The number of likely N-dealkylation sites (N-methyl/N-ethyl adjacent to an activating group) is 1. The Morgan fingerprint density at radius 1 is 0.882 bits per heavy atom. The molecule has 0 radical (unpaired) electrons. The van der Waals surface area contributed by atoms with E-state index in [1.54, 1.807) is 11.9 Å². The number of carbonyl (C=O) groups is 4. The summed E-state index contributed by atoms with van der Waals surface area (Å²) in [6.45, 7) is 4.12. The number of fused-ring (bicyclic) bond motifs is 1. The number of carbonyl (C=O) groups excluding carboxylic acids is 4. The molecule has 0 aromatic rings. The molecule has 0 aromatic carbocycles. The molecular formula is C26H44N4O4. The van der Waals surface area contributed by atoms with E-state index in [-0.39, 0.29) is 41.9 Å². The van der Waals surface area contributed by atoms with Crippen LogP contribution in [0.4, 0.5) is 0 Å². The van der Waals surface area contributed by atoms with E-state index >= 15 is 0 Å². The number of amides is 4. The van der Waals surface area contributed by atoms with Gasteiger partial charge in [0.25, 0.3) is 0 Å². The van der Waals surface area contributed by atoms with Gasteiger partial charge in [-0.1, -0.05) is 39.0 Å². The molecule has 3 rings (SSSR count). The van der Waals surface area contributed by atoms with Crippen LogP contribution in [0.15, 0.2) is 0 Å². The van der Waals surface area contributed by atoms with Gasteiger partial charge in [-0.25, -0.2) is 0 Å². The van der Waals surface area contributed by atoms with E-state index in [0.717, 1.165) is 77.3 Å². The third-order valence-electron chi connectivity index (χ3n) is 7.93. The standard InChI is InChI=1S/C26H44N4O4/c1-19-12-7-4-3-5-8-13-20(18-22(31)29-15-9-6-10-16-29)26(34)30-17-11-14-21(30)24(32)28-23(19)25(33)27-2/h19-21,23H,3-18H2,1-2H3,(H,27,33)(H,28,32)/t19-,20+,21-,23?/m0/s1. The normalized spacial score (nSPS) is 30.1. The largest absolute Gasteiger partial charge is 0.357 e. The van der Waals surface area contributed by atoms with Crippen molar-refractivity contribution in [2.45, 2.75) is 102 Å². The summed E-state index contributed by atoms with van der Waals surface area (Å²) in [6, 6.07) is -1.17. The zero-order valence-corrected chi connectivity index (χ0v) is 21.2. The summed E-state index contributed by atoms with van der Waals surface area (Å²) in [5, 5.41) is 5.65. The van der Waals surface area contributed by atoms with Gasteiger partial charge in [-0.15, -0.1) is 0 Å². The Kier molecular flexibility index (Phi) is 10.2. The van der Waals surface area contributed by atoms with E-state index in [1.165, 1.54) is 0 Å². The molecule has 4 atom stereocenters. The molecule has 3 fully saturated rings. The van der Waals surface area contributed by atoms with Crippen molar-refractivity contribution in [3.05, 3.63) is 0 Å². The Morgan fingerprint density at radius 2 is 1.53 bits per heavy atom. The van der Waals surface area contributed by atoms with Gasteiger partial charge in [0.2, 0.25) is 23.6 Å². The molecule has 34 heavy (non-hydrogen) atoms. The first-order chi connectivity index (χ1) is 16.4. The van der Waals surface area contributed by atoms with E-state index in [9.17, 15) is 19.2 Å². The van der Waals surface area contributed by atoms with Crippen molar-refractivity contribution in [1.82, 2.24) is 20.4 Å². The first-order valence-corrected chi connectivity index (χ1v) is 13.5. The molecule has 3 saturated heterocycles. The maximum atomic E-state index is 13.7. The highest BCUT2D eigenvalue weighted by atomic mass is 16.2. The lowest BCUT2D eigenvalue weighted by molar-refractivity contribution is -0.145. The number of nitrogens with zero attached hydrogens (tertiary/aromatic N) is 2. The molecule has 0 spiro atoms. The van der Waals surface area contributed by atoms with Crippen molar-refractivity contribution in [1.29, 1.82) is 0 Å². The molecule has 0 aromatic heterocycles. The molecule has 0 aliphatic carbocycles. The smallest absolute Gasteiger partial charge is 0.243 e. The van der Waals surface area contributed by atoms with Crippen molar-refractivity contribution in [2.24, 2.45) is 11.8 Å². The third kappa shape index (κ3) is 6.95. The molecule has 4 amide bonds. The first kappa shape index (κ1) is 26.5. The number of piperidine rings is 1. The number of likely N-dealkylation sites (tertiary alicyclic amines) is 1. The highest BCUT2D eigenvalue weighted by Crippen LogP contribution is 2.27. The molecular weight excluding hydrogens is 432 g/mol. The number of rotatable bonds is 3. The maximum Gasteiger partial charge on any atom is 0.243 e. The highest BCUT2D eigenvalue weighted by Gasteiger charge is 2.39. The average molecular weight is 477 g/mol. The summed E-state index contributed by atoms with van der Waals surface area (Å²) in [6.07, 6.45) is 11.5. The van der Waals surface area contributed by atoms with Gasteiger partial charge >= 0.3 is 0 Å².